The fourth-order valence-electron chi connectivity index (χ4n) is 2.31. The van der Waals surface area contributed by atoms with Crippen LogP contribution in [0.3, 0.4) is 0 Å². The Bertz CT molecular complexity index is 583. The van der Waals surface area contributed by atoms with Crippen molar-refractivity contribution in [2.75, 3.05) is 6.54 Å². The van der Waals surface area contributed by atoms with Gasteiger partial charge in [-0.25, -0.2) is 0 Å². The van der Waals surface area contributed by atoms with Crippen molar-refractivity contribution < 1.29 is 14.8 Å². The maximum absolute atomic E-state index is 11.9. The van der Waals surface area contributed by atoms with Crippen LogP contribution >= 0.6 is 0 Å². The molecule has 1 saturated carbocycles. The van der Waals surface area contributed by atoms with Crippen LogP contribution in [0, 0.1) is 16.0 Å². The third-order valence-electron chi connectivity index (χ3n) is 3.41. The number of nitro groups is 1. The minimum absolute atomic E-state index is 0.173. The topological polar surface area (TPSA) is 125 Å². The fourth-order valence-corrected chi connectivity index (χ4v) is 2.31. The number of H-pyrrole nitrogens is 1. The zero-order valence-corrected chi connectivity index (χ0v) is 10.7. The number of amides is 1. The van der Waals surface area contributed by atoms with Gasteiger partial charge in [-0.05, 0) is 25.2 Å². The summed E-state index contributed by atoms with van der Waals surface area (Å²) in [5, 5.41) is 22.6. The molecule has 8 heteroatoms. The Morgan fingerprint density at radius 1 is 1.55 bits per heavy atom. The standard InChI is InChI=1S/C12H15N3O5/c16-9-2-1-7(3-9)5-13-11(17)10-4-8(15(19)20)6-14-12(10)18/h4,6-7,9,16H,1-3,5H2,(H,13,17)(H,14,18). The third-order valence-corrected chi connectivity index (χ3v) is 3.41. The molecule has 0 saturated heterocycles. The number of nitrogens with one attached hydrogen (secondary N) is 2. The first kappa shape index (κ1) is 14.2. The third kappa shape index (κ3) is 3.21. The quantitative estimate of drug-likeness (QED) is 0.536. The Labute approximate surface area is 114 Å². The molecule has 8 nitrogen and oxygen atoms in total. The second-order valence-corrected chi connectivity index (χ2v) is 4.90. The van der Waals surface area contributed by atoms with Crippen molar-refractivity contribution in [3.8, 4) is 0 Å². The number of rotatable bonds is 4. The smallest absolute Gasteiger partial charge is 0.286 e. The Hall–Kier alpha value is -2.22. The monoisotopic (exact) mass is 281 g/mol. The predicted molar refractivity (Wildman–Crippen MR) is 69.4 cm³/mol. The van der Waals surface area contributed by atoms with E-state index in [0.29, 0.717) is 19.4 Å². The van der Waals surface area contributed by atoms with E-state index in [9.17, 15) is 24.8 Å². The molecule has 1 amide bonds. The molecule has 2 rings (SSSR count). The van der Waals surface area contributed by atoms with Gasteiger partial charge < -0.3 is 15.4 Å². The highest BCUT2D eigenvalue weighted by molar-refractivity contribution is 5.94. The summed E-state index contributed by atoms with van der Waals surface area (Å²) in [6, 6.07) is 0.956. The maximum Gasteiger partial charge on any atom is 0.286 e. The van der Waals surface area contributed by atoms with Gasteiger partial charge >= 0.3 is 0 Å². The Balaban J connectivity index is 2.03. The lowest BCUT2D eigenvalue weighted by molar-refractivity contribution is -0.385. The zero-order chi connectivity index (χ0) is 14.7. The predicted octanol–water partition coefficient (Wildman–Crippen LogP) is 0.174. The highest BCUT2D eigenvalue weighted by Crippen LogP contribution is 2.24. The number of aromatic amines is 1. The van der Waals surface area contributed by atoms with Crippen LogP contribution in [0.15, 0.2) is 17.1 Å². The second-order valence-electron chi connectivity index (χ2n) is 4.90. The molecule has 20 heavy (non-hydrogen) atoms. The molecule has 0 radical (unpaired) electrons. The largest absolute Gasteiger partial charge is 0.393 e. The molecule has 108 valence electrons. The van der Waals surface area contributed by atoms with Crippen molar-refractivity contribution in [1.82, 2.24) is 10.3 Å². The highest BCUT2D eigenvalue weighted by Gasteiger charge is 2.24. The van der Waals surface area contributed by atoms with Gasteiger partial charge in [-0.3, -0.25) is 19.7 Å². The molecule has 1 aliphatic carbocycles. The van der Waals surface area contributed by atoms with Gasteiger partial charge in [0, 0.05) is 12.6 Å². The molecular formula is C12H15N3O5. The zero-order valence-electron chi connectivity index (χ0n) is 10.7. The number of aromatic nitrogens is 1. The first-order valence-electron chi connectivity index (χ1n) is 6.30. The number of nitrogens with zero attached hydrogens (tertiary/aromatic N) is 1. The van der Waals surface area contributed by atoms with E-state index in [1.54, 1.807) is 0 Å². The Morgan fingerprint density at radius 3 is 2.90 bits per heavy atom. The molecule has 3 N–H and O–H groups in total. The number of carbonyl (C=O) groups is 1. The van der Waals surface area contributed by atoms with E-state index in [4.69, 9.17) is 0 Å². The molecule has 2 unspecified atom stereocenters. The highest BCUT2D eigenvalue weighted by atomic mass is 16.6. The molecule has 1 aromatic heterocycles. The van der Waals surface area contributed by atoms with Crippen LogP contribution in [0.25, 0.3) is 0 Å². The fraction of sp³-hybridized carbons (Fsp3) is 0.500. The second kappa shape index (κ2) is 5.83. The van der Waals surface area contributed by atoms with E-state index in [1.165, 1.54) is 0 Å². The molecule has 0 aromatic carbocycles. The molecule has 1 heterocycles. The van der Waals surface area contributed by atoms with Gasteiger partial charge in [0.05, 0.1) is 17.2 Å². The molecular weight excluding hydrogens is 266 g/mol. The molecule has 1 aliphatic rings. The Kier molecular flexibility index (Phi) is 4.14. The van der Waals surface area contributed by atoms with Crippen molar-refractivity contribution in [2.24, 2.45) is 5.92 Å². The molecule has 1 fully saturated rings. The summed E-state index contributed by atoms with van der Waals surface area (Å²) >= 11 is 0. The number of aliphatic hydroxyl groups is 1. The van der Waals surface area contributed by atoms with Crippen molar-refractivity contribution >= 4 is 11.6 Å². The minimum Gasteiger partial charge on any atom is -0.393 e. The normalized spacial score (nSPS) is 21.6. The van der Waals surface area contributed by atoms with Crippen LogP contribution in [-0.2, 0) is 0 Å². The number of hydrogen-bond donors (Lipinski definition) is 3. The van der Waals surface area contributed by atoms with Gasteiger partial charge in [-0.2, -0.15) is 0 Å². The van der Waals surface area contributed by atoms with Gasteiger partial charge in [-0.15, -0.1) is 0 Å². The van der Waals surface area contributed by atoms with E-state index >= 15 is 0 Å². The lowest BCUT2D eigenvalue weighted by Crippen LogP contribution is -2.32. The van der Waals surface area contributed by atoms with Crippen LogP contribution in [-0.4, -0.2) is 33.6 Å². The lowest BCUT2D eigenvalue weighted by Gasteiger charge is -2.10. The van der Waals surface area contributed by atoms with Crippen LogP contribution in [0.2, 0.25) is 0 Å². The number of carbonyl (C=O) groups excluding carboxylic acids is 1. The summed E-state index contributed by atoms with van der Waals surface area (Å²) in [5.74, 6) is -0.469. The van der Waals surface area contributed by atoms with E-state index in [-0.39, 0.29) is 23.3 Å². The van der Waals surface area contributed by atoms with Crippen LogP contribution in [0.5, 0.6) is 0 Å². The Morgan fingerprint density at radius 2 is 2.30 bits per heavy atom. The van der Waals surface area contributed by atoms with Crippen molar-refractivity contribution in [2.45, 2.75) is 25.4 Å². The molecule has 0 aliphatic heterocycles. The van der Waals surface area contributed by atoms with E-state index in [0.717, 1.165) is 18.7 Å². The van der Waals surface area contributed by atoms with Crippen LogP contribution in [0.4, 0.5) is 5.69 Å². The summed E-state index contributed by atoms with van der Waals surface area (Å²) in [6.45, 7) is 0.345. The summed E-state index contributed by atoms with van der Waals surface area (Å²) in [6.07, 6.45) is 2.75. The van der Waals surface area contributed by atoms with Crippen LogP contribution in [0.1, 0.15) is 29.6 Å². The summed E-state index contributed by atoms with van der Waals surface area (Å²) < 4.78 is 0. The van der Waals surface area contributed by atoms with Crippen molar-refractivity contribution in [3.63, 3.8) is 0 Å². The van der Waals surface area contributed by atoms with E-state index in [1.807, 2.05) is 0 Å². The van der Waals surface area contributed by atoms with Gasteiger partial charge in [-0.1, -0.05) is 0 Å². The SMILES string of the molecule is O=C(NCC1CCC(O)C1)c1cc([N+](=O)[O-])c[nH]c1=O. The average molecular weight is 281 g/mol. The first-order chi connectivity index (χ1) is 9.47. The molecule has 0 bridgehead atoms. The number of hydrogen-bond acceptors (Lipinski definition) is 5. The van der Waals surface area contributed by atoms with Crippen molar-refractivity contribution in [3.05, 3.63) is 38.3 Å². The van der Waals surface area contributed by atoms with Gasteiger partial charge in [0.25, 0.3) is 17.2 Å². The van der Waals surface area contributed by atoms with Crippen LogP contribution < -0.4 is 10.9 Å². The number of pyridine rings is 1. The average Bonchev–Trinajstić information content (AvgIpc) is 2.82. The summed E-state index contributed by atoms with van der Waals surface area (Å²) in [5.41, 5.74) is -1.29. The molecule has 2 atom stereocenters. The van der Waals surface area contributed by atoms with E-state index in [2.05, 4.69) is 10.3 Å². The molecule has 0 spiro atoms. The van der Waals surface area contributed by atoms with Crippen molar-refractivity contribution in [1.29, 1.82) is 0 Å². The van der Waals surface area contributed by atoms with Gasteiger partial charge in [0.1, 0.15) is 5.56 Å². The van der Waals surface area contributed by atoms with E-state index < -0.39 is 16.4 Å². The van der Waals surface area contributed by atoms with Gasteiger partial charge in [0.15, 0.2) is 0 Å². The first-order valence-corrected chi connectivity index (χ1v) is 6.30. The lowest BCUT2D eigenvalue weighted by atomic mass is 10.1. The molecule has 1 aromatic rings. The minimum atomic E-state index is -0.681. The number of aliphatic hydroxyl groups excluding tert-OH is 1. The van der Waals surface area contributed by atoms with Gasteiger partial charge in [0.2, 0.25) is 0 Å². The maximum atomic E-state index is 11.9. The summed E-state index contributed by atoms with van der Waals surface area (Å²) in [7, 11) is 0. The summed E-state index contributed by atoms with van der Waals surface area (Å²) in [4.78, 5) is 35.5.